The molecule has 3 rings (SSSR count). The monoisotopic (exact) mass is 504 g/mol. The predicted molar refractivity (Wildman–Crippen MR) is 135 cm³/mol. The minimum atomic E-state index is -1.40. The van der Waals surface area contributed by atoms with E-state index in [1.807, 2.05) is 33.8 Å². The molecule has 0 aromatic carbocycles. The minimum Gasteiger partial charge on any atom is -0.480 e. The molecular weight excluding hydrogens is 468 g/mol. The van der Waals surface area contributed by atoms with Gasteiger partial charge in [0.1, 0.15) is 17.7 Å². The number of rotatable bonds is 10. The van der Waals surface area contributed by atoms with Crippen LogP contribution in [-0.2, 0) is 19.2 Å². The lowest BCUT2D eigenvalue weighted by molar-refractivity contribution is -0.142. The third-order valence-corrected chi connectivity index (χ3v) is 8.48. The third kappa shape index (κ3) is 5.11. The molecule has 0 aromatic rings. The van der Waals surface area contributed by atoms with Gasteiger partial charge in [-0.2, -0.15) is 11.8 Å². The maximum atomic E-state index is 13.1. The minimum absolute atomic E-state index is 0.0780. The van der Waals surface area contributed by atoms with Crippen molar-refractivity contribution in [2.24, 2.45) is 11.3 Å². The zero-order chi connectivity index (χ0) is 26.3. The van der Waals surface area contributed by atoms with Gasteiger partial charge in [0.15, 0.2) is 5.78 Å². The van der Waals surface area contributed by atoms with Gasteiger partial charge in [-0.05, 0) is 68.7 Å². The second-order valence-corrected chi connectivity index (χ2v) is 11.5. The summed E-state index contributed by atoms with van der Waals surface area (Å²) in [6.07, 6.45) is 3.68. The summed E-state index contributed by atoms with van der Waals surface area (Å²) in [6, 6.07) is -1.92. The highest BCUT2D eigenvalue weighted by Gasteiger charge is 2.65. The van der Waals surface area contributed by atoms with E-state index in [9.17, 15) is 29.4 Å². The van der Waals surface area contributed by atoms with E-state index in [4.69, 9.17) is 0 Å². The molecule has 0 unspecified atom stereocenters. The number of carbonyl (C=O) groups excluding carboxylic acids is 3. The number of fused-ring (bicyclic) bond motifs is 1. The van der Waals surface area contributed by atoms with E-state index >= 15 is 0 Å². The first-order valence-electron chi connectivity index (χ1n) is 12.0. The zero-order valence-corrected chi connectivity index (χ0v) is 22.1. The second-order valence-electron chi connectivity index (χ2n) is 10.5. The van der Waals surface area contributed by atoms with Gasteiger partial charge < -0.3 is 20.8 Å². The summed E-state index contributed by atoms with van der Waals surface area (Å²) in [7, 11) is 0. The van der Waals surface area contributed by atoms with Crippen LogP contribution < -0.4 is 10.6 Å². The number of nitrogens with one attached hydrogen (secondary N) is 2. The van der Waals surface area contributed by atoms with Gasteiger partial charge in [-0.1, -0.05) is 19.4 Å². The van der Waals surface area contributed by atoms with Crippen LogP contribution in [0.25, 0.3) is 0 Å². The molecule has 2 amide bonds. The van der Waals surface area contributed by atoms with Gasteiger partial charge in [0, 0.05) is 29.4 Å². The number of aliphatic carboxylic acids is 1. The SMILES string of the molecule is CC(=O)N[C@H](CSCC1=C(C)C=C2C(=O)[C@](C)(O)C3(CC3)C(C)=C21)C(=O)N[C@@H](CC(C)C)C(=O)O. The summed E-state index contributed by atoms with van der Waals surface area (Å²) >= 11 is 1.44. The predicted octanol–water partition coefficient (Wildman–Crippen LogP) is 2.53. The average Bonchev–Trinajstić information content (AvgIpc) is 3.50. The molecule has 0 aromatic heterocycles. The summed E-state index contributed by atoms with van der Waals surface area (Å²) < 4.78 is 0. The van der Waals surface area contributed by atoms with Crippen LogP contribution in [0.2, 0.25) is 0 Å². The summed E-state index contributed by atoms with van der Waals surface area (Å²) in [4.78, 5) is 49.3. The van der Waals surface area contributed by atoms with Crippen molar-refractivity contribution in [3.05, 3.63) is 33.9 Å². The summed E-state index contributed by atoms with van der Waals surface area (Å²) in [6.45, 7) is 10.6. The van der Waals surface area contributed by atoms with Crippen molar-refractivity contribution in [3.8, 4) is 0 Å². The van der Waals surface area contributed by atoms with Crippen LogP contribution in [0.1, 0.15) is 60.8 Å². The van der Waals surface area contributed by atoms with Crippen molar-refractivity contribution >= 4 is 35.3 Å². The molecular formula is C26H36N2O6S. The van der Waals surface area contributed by atoms with Gasteiger partial charge in [-0.15, -0.1) is 0 Å². The first-order valence-corrected chi connectivity index (χ1v) is 13.2. The number of carboxylic acids is 1. The normalized spacial score (nSPS) is 24.3. The van der Waals surface area contributed by atoms with Crippen LogP contribution >= 0.6 is 11.8 Å². The van der Waals surface area contributed by atoms with E-state index < -0.39 is 35.0 Å². The summed E-state index contributed by atoms with van der Waals surface area (Å²) in [5.41, 5.74) is 2.54. The highest BCUT2D eigenvalue weighted by molar-refractivity contribution is 7.99. The Balaban J connectivity index is 1.73. The molecule has 0 saturated heterocycles. The highest BCUT2D eigenvalue weighted by atomic mass is 32.2. The molecule has 192 valence electrons. The molecule has 3 aliphatic carbocycles. The smallest absolute Gasteiger partial charge is 0.326 e. The number of hydrogen-bond donors (Lipinski definition) is 4. The molecule has 0 heterocycles. The number of thioether (sulfide) groups is 1. The Morgan fingerprint density at radius 2 is 1.77 bits per heavy atom. The average molecular weight is 505 g/mol. The number of aliphatic hydroxyl groups is 1. The van der Waals surface area contributed by atoms with Gasteiger partial charge in [0.25, 0.3) is 0 Å². The molecule has 3 aliphatic rings. The second kappa shape index (κ2) is 9.93. The van der Waals surface area contributed by atoms with Crippen LogP contribution in [0.4, 0.5) is 0 Å². The summed E-state index contributed by atoms with van der Waals surface area (Å²) in [5, 5.41) is 25.6. The maximum absolute atomic E-state index is 13.1. The maximum Gasteiger partial charge on any atom is 0.326 e. The largest absolute Gasteiger partial charge is 0.480 e. The molecule has 8 nitrogen and oxygen atoms in total. The van der Waals surface area contributed by atoms with E-state index in [1.165, 1.54) is 18.7 Å². The highest BCUT2D eigenvalue weighted by Crippen LogP contribution is 2.65. The Morgan fingerprint density at radius 3 is 2.29 bits per heavy atom. The number of hydrogen-bond acceptors (Lipinski definition) is 6. The lowest BCUT2D eigenvalue weighted by atomic mass is 9.67. The number of Topliss-reactive ketones (excluding diaryl/α,β-unsaturated/α-hetero) is 1. The van der Waals surface area contributed by atoms with E-state index in [0.29, 0.717) is 11.3 Å². The van der Waals surface area contributed by atoms with E-state index in [0.717, 1.165) is 35.1 Å². The van der Waals surface area contributed by atoms with Gasteiger partial charge in [-0.3, -0.25) is 14.4 Å². The van der Waals surface area contributed by atoms with Crippen LogP contribution in [0.5, 0.6) is 0 Å². The van der Waals surface area contributed by atoms with Crippen molar-refractivity contribution < 1.29 is 29.4 Å². The van der Waals surface area contributed by atoms with Crippen LogP contribution in [0.15, 0.2) is 33.9 Å². The molecule has 1 saturated carbocycles. The van der Waals surface area contributed by atoms with Crippen LogP contribution in [0, 0.1) is 11.3 Å². The number of allylic oxidation sites excluding steroid dienone is 3. The quantitative estimate of drug-likeness (QED) is 0.359. The molecule has 1 spiro atoms. The first-order chi connectivity index (χ1) is 16.2. The number of amides is 2. The summed E-state index contributed by atoms with van der Waals surface area (Å²) in [5.74, 6) is -1.43. The van der Waals surface area contributed by atoms with Crippen molar-refractivity contribution in [2.45, 2.75) is 78.5 Å². The Labute approximate surface area is 210 Å². The Morgan fingerprint density at radius 1 is 1.14 bits per heavy atom. The van der Waals surface area contributed by atoms with Gasteiger partial charge in [0.2, 0.25) is 11.8 Å². The standard InChI is InChI=1S/C26H36N2O6S/c1-13(2)9-19(24(32)33)28-23(31)20(27-16(5)29)12-35-11-18-14(3)10-17-21(18)15(4)26(7-8-26)25(6,34)22(17)30/h10,13,19-20,34H,7-9,11-12H2,1-6H3,(H,27,29)(H,28,31)(H,32,33)/t19-,20+,25-/m0/s1. The Bertz CT molecular complexity index is 1050. The lowest BCUT2D eigenvalue weighted by Crippen LogP contribution is -2.52. The fourth-order valence-electron chi connectivity index (χ4n) is 5.27. The van der Waals surface area contributed by atoms with Crippen molar-refractivity contribution in [3.63, 3.8) is 0 Å². The molecule has 4 N–H and O–H groups in total. The first kappa shape index (κ1) is 27.2. The van der Waals surface area contributed by atoms with Crippen molar-refractivity contribution in [1.29, 1.82) is 0 Å². The van der Waals surface area contributed by atoms with E-state index in [-0.39, 0.29) is 29.8 Å². The molecule has 9 heteroatoms. The van der Waals surface area contributed by atoms with Crippen LogP contribution in [-0.4, -0.2) is 63.0 Å². The topological polar surface area (TPSA) is 133 Å². The van der Waals surface area contributed by atoms with E-state index in [2.05, 4.69) is 10.6 Å². The molecule has 3 atom stereocenters. The van der Waals surface area contributed by atoms with Crippen LogP contribution in [0.3, 0.4) is 0 Å². The van der Waals surface area contributed by atoms with E-state index in [1.54, 1.807) is 6.92 Å². The van der Waals surface area contributed by atoms with Crippen molar-refractivity contribution in [2.75, 3.05) is 11.5 Å². The van der Waals surface area contributed by atoms with Gasteiger partial charge in [0.05, 0.1) is 0 Å². The molecule has 0 radical (unpaired) electrons. The lowest BCUT2D eigenvalue weighted by Gasteiger charge is -2.39. The third-order valence-electron chi connectivity index (χ3n) is 7.42. The number of ketones is 1. The fourth-order valence-corrected chi connectivity index (χ4v) is 6.44. The molecule has 0 aliphatic heterocycles. The zero-order valence-electron chi connectivity index (χ0n) is 21.3. The molecule has 1 fully saturated rings. The Kier molecular flexibility index (Phi) is 7.72. The molecule has 0 bridgehead atoms. The van der Waals surface area contributed by atoms with Gasteiger partial charge >= 0.3 is 5.97 Å². The Hall–Kier alpha value is -2.39. The number of carbonyl (C=O) groups is 4. The fraction of sp³-hybridized carbons (Fsp3) is 0.615. The number of carboxylic acid groups (broad SMARTS) is 1. The molecule has 35 heavy (non-hydrogen) atoms. The van der Waals surface area contributed by atoms with Crippen molar-refractivity contribution in [1.82, 2.24) is 10.6 Å². The van der Waals surface area contributed by atoms with Gasteiger partial charge in [-0.25, -0.2) is 4.79 Å².